The van der Waals surface area contributed by atoms with Crippen molar-refractivity contribution < 1.29 is 8.81 Å². The van der Waals surface area contributed by atoms with Gasteiger partial charge in [0, 0.05) is 5.56 Å². The number of nitrogens with one attached hydrogen (secondary N) is 1. The number of halogens is 1. The predicted molar refractivity (Wildman–Crippen MR) is 70.2 cm³/mol. The molecule has 0 bridgehead atoms. The van der Waals surface area contributed by atoms with Gasteiger partial charge in [-0.05, 0) is 50.6 Å². The summed E-state index contributed by atoms with van der Waals surface area (Å²) < 4.78 is 19.0. The van der Waals surface area contributed by atoms with Crippen LogP contribution in [0.25, 0.3) is 0 Å². The highest BCUT2D eigenvalue weighted by atomic mass is 19.1. The number of benzene rings is 1. The lowest BCUT2D eigenvalue weighted by Crippen LogP contribution is -2.17. The monoisotopic (exact) mass is 247 g/mol. The van der Waals surface area contributed by atoms with E-state index >= 15 is 0 Å². The zero-order valence-electron chi connectivity index (χ0n) is 11.2. The Hall–Kier alpha value is -1.61. The minimum absolute atomic E-state index is 0.0282. The average Bonchev–Trinajstić information content (AvgIpc) is 2.73. The lowest BCUT2D eigenvalue weighted by atomic mass is 9.97. The van der Waals surface area contributed by atoms with Gasteiger partial charge in [0.1, 0.15) is 11.6 Å². The summed E-state index contributed by atoms with van der Waals surface area (Å²) in [6.45, 7) is 5.50. The maximum Gasteiger partial charge on any atom is 0.129 e. The molecule has 3 heteroatoms. The van der Waals surface area contributed by atoms with E-state index in [1.165, 1.54) is 0 Å². The van der Waals surface area contributed by atoms with Gasteiger partial charge >= 0.3 is 0 Å². The molecule has 1 heterocycles. The molecule has 2 rings (SSSR count). The second kappa shape index (κ2) is 4.94. The van der Waals surface area contributed by atoms with Crippen LogP contribution in [0, 0.1) is 26.6 Å². The fraction of sp³-hybridized carbons (Fsp3) is 0.333. The fourth-order valence-electron chi connectivity index (χ4n) is 2.29. The Morgan fingerprint density at radius 2 is 1.67 bits per heavy atom. The molecule has 1 unspecified atom stereocenters. The molecular weight excluding hydrogens is 229 g/mol. The molecule has 0 aliphatic rings. The van der Waals surface area contributed by atoms with E-state index < -0.39 is 0 Å². The quantitative estimate of drug-likeness (QED) is 0.895. The number of hydrogen-bond acceptors (Lipinski definition) is 2. The third kappa shape index (κ3) is 2.31. The molecule has 96 valence electrons. The second-order valence-electron chi connectivity index (χ2n) is 4.68. The summed E-state index contributed by atoms with van der Waals surface area (Å²) in [7, 11) is 1.89. The van der Waals surface area contributed by atoms with Gasteiger partial charge in [0.25, 0.3) is 0 Å². The summed E-state index contributed by atoms with van der Waals surface area (Å²) in [4.78, 5) is 0. The molecule has 1 aromatic heterocycles. The molecular formula is C15H18FNO. The van der Waals surface area contributed by atoms with Gasteiger partial charge in [0.15, 0.2) is 0 Å². The van der Waals surface area contributed by atoms with E-state index in [0.29, 0.717) is 11.1 Å². The molecule has 0 saturated carbocycles. The fourth-order valence-corrected chi connectivity index (χ4v) is 2.29. The Morgan fingerprint density at radius 1 is 1.06 bits per heavy atom. The van der Waals surface area contributed by atoms with E-state index in [1.54, 1.807) is 20.1 Å². The molecule has 0 saturated heterocycles. The Kier molecular flexibility index (Phi) is 3.53. The summed E-state index contributed by atoms with van der Waals surface area (Å²) in [6.07, 6.45) is 1.74. The van der Waals surface area contributed by atoms with Crippen LogP contribution in [0.2, 0.25) is 0 Å². The third-order valence-corrected chi connectivity index (χ3v) is 3.16. The van der Waals surface area contributed by atoms with Crippen molar-refractivity contribution in [3.63, 3.8) is 0 Å². The van der Waals surface area contributed by atoms with Crippen molar-refractivity contribution in [2.45, 2.75) is 26.8 Å². The van der Waals surface area contributed by atoms with Gasteiger partial charge in [-0.1, -0.05) is 12.1 Å². The zero-order chi connectivity index (χ0) is 13.3. The average molecular weight is 247 g/mol. The minimum atomic E-state index is -0.128. The molecule has 1 N–H and O–H groups in total. The minimum Gasteiger partial charge on any atom is -0.469 e. The zero-order valence-corrected chi connectivity index (χ0v) is 11.2. The third-order valence-electron chi connectivity index (χ3n) is 3.16. The van der Waals surface area contributed by atoms with E-state index in [4.69, 9.17) is 4.42 Å². The molecule has 1 atom stereocenters. The van der Waals surface area contributed by atoms with Crippen molar-refractivity contribution in [3.8, 4) is 0 Å². The molecule has 0 radical (unpaired) electrons. The van der Waals surface area contributed by atoms with Gasteiger partial charge in [-0.3, -0.25) is 0 Å². The Bertz CT molecular complexity index is 536. The van der Waals surface area contributed by atoms with Crippen LogP contribution in [0.1, 0.15) is 34.1 Å². The number of furan rings is 1. The van der Waals surface area contributed by atoms with E-state index in [9.17, 15) is 4.39 Å². The SMILES string of the molecule is CNC(c1coc(C)c1)c1cc(C)c(F)c(C)c1. The Balaban J connectivity index is 2.45. The van der Waals surface area contributed by atoms with Crippen LogP contribution >= 0.6 is 0 Å². The lowest BCUT2D eigenvalue weighted by molar-refractivity contribution is 0.527. The van der Waals surface area contributed by atoms with Crippen molar-refractivity contribution in [2.75, 3.05) is 7.05 Å². The van der Waals surface area contributed by atoms with Crippen LogP contribution in [-0.4, -0.2) is 7.05 Å². The van der Waals surface area contributed by atoms with Crippen molar-refractivity contribution >= 4 is 0 Å². The maximum absolute atomic E-state index is 13.6. The van der Waals surface area contributed by atoms with Crippen LogP contribution in [0.3, 0.4) is 0 Å². The molecule has 0 aliphatic carbocycles. The van der Waals surface area contributed by atoms with Crippen molar-refractivity contribution in [1.29, 1.82) is 0 Å². The highest BCUT2D eigenvalue weighted by Gasteiger charge is 2.16. The summed E-state index contributed by atoms with van der Waals surface area (Å²) >= 11 is 0. The van der Waals surface area contributed by atoms with Crippen LogP contribution in [0.4, 0.5) is 4.39 Å². The predicted octanol–water partition coefficient (Wildman–Crippen LogP) is 3.65. The topological polar surface area (TPSA) is 25.2 Å². The van der Waals surface area contributed by atoms with Gasteiger partial charge < -0.3 is 9.73 Å². The van der Waals surface area contributed by atoms with Crippen molar-refractivity contribution in [2.24, 2.45) is 0 Å². The second-order valence-corrected chi connectivity index (χ2v) is 4.68. The van der Waals surface area contributed by atoms with E-state index in [2.05, 4.69) is 5.32 Å². The van der Waals surface area contributed by atoms with Gasteiger partial charge in [-0.25, -0.2) is 4.39 Å². The first-order valence-corrected chi connectivity index (χ1v) is 6.02. The number of aryl methyl sites for hydroxylation is 3. The molecule has 2 aromatic rings. The first kappa shape index (κ1) is 12.8. The summed E-state index contributed by atoms with van der Waals surface area (Å²) in [5, 5.41) is 3.24. The van der Waals surface area contributed by atoms with Gasteiger partial charge in [-0.15, -0.1) is 0 Å². The van der Waals surface area contributed by atoms with Gasteiger partial charge in [-0.2, -0.15) is 0 Å². The van der Waals surface area contributed by atoms with E-state index in [-0.39, 0.29) is 11.9 Å². The largest absolute Gasteiger partial charge is 0.469 e. The lowest BCUT2D eigenvalue weighted by Gasteiger charge is -2.17. The Labute approximate surface area is 107 Å². The first-order chi connectivity index (χ1) is 8.52. The van der Waals surface area contributed by atoms with Gasteiger partial charge in [0.05, 0.1) is 12.3 Å². The van der Waals surface area contributed by atoms with Crippen LogP contribution < -0.4 is 5.32 Å². The summed E-state index contributed by atoms with van der Waals surface area (Å²) in [5.41, 5.74) is 3.45. The standard InChI is InChI=1S/C15H18FNO/c1-9-5-12(6-10(2)14(9)16)15(17-4)13-7-11(3)18-8-13/h5-8,15,17H,1-4H3. The highest BCUT2D eigenvalue weighted by Crippen LogP contribution is 2.26. The molecule has 0 fully saturated rings. The molecule has 0 aliphatic heterocycles. The van der Waals surface area contributed by atoms with E-state index in [0.717, 1.165) is 16.9 Å². The Morgan fingerprint density at radius 3 is 2.11 bits per heavy atom. The maximum atomic E-state index is 13.6. The van der Waals surface area contributed by atoms with Crippen LogP contribution in [0.5, 0.6) is 0 Å². The highest BCUT2D eigenvalue weighted by molar-refractivity contribution is 5.37. The first-order valence-electron chi connectivity index (χ1n) is 6.02. The molecule has 2 nitrogen and oxygen atoms in total. The smallest absolute Gasteiger partial charge is 0.129 e. The number of rotatable bonds is 3. The van der Waals surface area contributed by atoms with Crippen LogP contribution in [-0.2, 0) is 0 Å². The van der Waals surface area contributed by atoms with Crippen molar-refractivity contribution in [3.05, 3.63) is 58.3 Å². The molecule has 1 aromatic carbocycles. The normalized spacial score (nSPS) is 12.7. The van der Waals surface area contributed by atoms with Crippen molar-refractivity contribution in [1.82, 2.24) is 5.32 Å². The summed E-state index contributed by atoms with van der Waals surface area (Å²) in [5.74, 6) is 0.748. The number of hydrogen-bond donors (Lipinski definition) is 1. The summed E-state index contributed by atoms with van der Waals surface area (Å²) in [6, 6.07) is 5.78. The van der Waals surface area contributed by atoms with E-state index in [1.807, 2.05) is 32.2 Å². The molecule has 0 amide bonds. The van der Waals surface area contributed by atoms with Gasteiger partial charge in [0.2, 0.25) is 0 Å². The van der Waals surface area contributed by atoms with Crippen LogP contribution in [0.15, 0.2) is 28.9 Å². The molecule has 18 heavy (non-hydrogen) atoms. The molecule has 0 spiro atoms.